The second kappa shape index (κ2) is 5.40. The first-order valence-corrected chi connectivity index (χ1v) is 4.89. The van der Waals surface area contributed by atoms with Gasteiger partial charge in [0.25, 0.3) is 6.10 Å². The van der Waals surface area contributed by atoms with E-state index in [1.165, 1.54) is 6.07 Å². The third-order valence-electron chi connectivity index (χ3n) is 2.10. The van der Waals surface area contributed by atoms with Crippen LogP contribution in [0.2, 0.25) is 0 Å². The molecular weight excluding hydrogens is 292 g/mol. The smallest absolute Gasteiger partial charge is 0.434 e. The Morgan fingerprint density at radius 2 is 1.70 bits per heavy atom. The van der Waals surface area contributed by atoms with E-state index in [0.717, 1.165) is 12.1 Å². The Bertz CT molecular complexity index is 529. The number of rotatable bonds is 3. The van der Waals surface area contributed by atoms with Gasteiger partial charge in [-0.15, -0.1) is 0 Å². The summed E-state index contributed by atoms with van der Waals surface area (Å²) in [7, 11) is 0. The van der Waals surface area contributed by atoms with Crippen LogP contribution in [0.4, 0.5) is 26.3 Å². The van der Waals surface area contributed by atoms with Crippen LogP contribution in [0.3, 0.4) is 0 Å². The Kier molecular flexibility index (Phi) is 4.27. The van der Waals surface area contributed by atoms with Gasteiger partial charge in [0.2, 0.25) is 0 Å². The molecule has 20 heavy (non-hydrogen) atoms. The maximum Gasteiger partial charge on any atom is 0.434 e. The third kappa shape index (κ3) is 3.63. The number of benzene rings is 1. The fourth-order valence-electron chi connectivity index (χ4n) is 1.26. The number of carbonyl (C=O) groups excluding carboxylic acids is 1. The standard InChI is InChI=1S/C11H5F6NO2/c12-10(13,14)9(11(15,16)17)20-8-2-1-6(5-19)3-7(8)4-18/h1-3,5,9H. The molecule has 3 nitrogen and oxygen atoms in total. The molecule has 0 fully saturated rings. The van der Waals surface area contributed by atoms with Crippen molar-refractivity contribution in [3.63, 3.8) is 0 Å². The van der Waals surface area contributed by atoms with Crippen LogP contribution in [0.15, 0.2) is 18.2 Å². The van der Waals surface area contributed by atoms with Gasteiger partial charge in [-0.2, -0.15) is 31.6 Å². The molecule has 0 aliphatic rings. The first-order valence-electron chi connectivity index (χ1n) is 4.89. The minimum atomic E-state index is -5.69. The fraction of sp³-hybridized carbons (Fsp3) is 0.273. The first-order chi connectivity index (χ1) is 9.09. The summed E-state index contributed by atoms with van der Waals surface area (Å²) < 4.78 is 77.7. The Labute approximate surface area is 108 Å². The lowest BCUT2D eigenvalue weighted by molar-refractivity contribution is -0.299. The first kappa shape index (κ1) is 15.8. The largest absolute Gasteiger partial charge is 0.470 e. The van der Waals surface area contributed by atoms with Crippen molar-refractivity contribution in [2.75, 3.05) is 0 Å². The van der Waals surface area contributed by atoms with Crippen molar-refractivity contribution >= 4 is 6.29 Å². The lowest BCUT2D eigenvalue weighted by atomic mass is 10.1. The Hall–Kier alpha value is -2.24. The maximum absolute atomic E-state index is 12.3. The van der Waals surface area contributed by atoms with Gasteiger partial charge < -0.3 is 4.74 Å². The maximum atomic E-state index is 12.3. The molecule has 1 aromatic carbocycles. The van der Waals surface area contributed by atoms with E-state index < -0.39 is 29.8 Å². The van der Waals surface area contributed by atoms with Gasteiger partial charge in [-0.25, -0.2) is 0 Å². The number of hydrogen-bond acceptors (Lipinski definition) is 3. The molecular formula is C11H5F6NO2. The molecule has 0 bridgehead atoms. The molecule has 0 N–H and O–H groups in total. The summed E-state index contributed by atoms with van der Waals surface area (Å²) in [5.41, 5.74) is -0.683. The van der Waals surface area contributed by atoms with Gasteiger partial charge in [0.15, 0.2) is 0 Å². The zero-order valence-electron chi connectivity index (χ0n) is 9.42. The number of nitrogens with zero attached hydrogens (tertiary/aromatic N) is 1. The molecule has 0 radical (unpaired) electrons. The SMILES string of the molecule is N#Cc1cc(C=O)ccc1OC(C(F)(F)F)C(F)(F)F. The number of carbonyl (C=O) groups is 1. The van der Waals surface area contributed by atoms with Crippen molar-refractivity contribution in [2.24, 2.45) is 0 Å². The second-order valence-electron chi connectivity index (χ2n) is 3.57. The minimum absolute atomic E-state index is 0.0792. The summed E-state index contributed by atoms with van der Waals surface area (Å²) >= 11 is 0. The monoisotopic (exact) mass is 297 g/mol. The van der Waals surface area contributed by atoms with Gasteiger partial charge in [0.05, 0.1) is 5.56 Å². The van der Waals surface area contributed by atoms with E-state index in [1.807, 2.05) is 0 Å². The van der Waals surface area contributed by atoms with Gasteiger partial charge in [0, 0.05) is 5.56 Å². The van der Waals surface area contributed by atoms with E-state index in [4.69, 9.17) is 5.26 Å². The van der Waals surface area contributed by atoms with Gasteiger partial charge in [-0.1, -0.05) is 0 Å². The third-order valence-corrected chi connectivity index (χ3v) is 2.10. The topological polar surface area (TPSA) is 50.1 Å². The van der Waals surface area contributed by atoms with Crippen molar-refractivity contribution in [3.8, 4) is 11.8 Å². The van der Waals surface area contributed by atoms with Crippen LogP contribution in [0.1, 0.15) is 15.9 Å². The van der Waals surface area contributed by atoms with Crippen molar-refractivity contribution in [1.29, 1.82) is 5.26 Å². The summed E-state index contributed by atoms with van der Waals surface area (Å²) in [5, 5.41) is 8.65. The highest BCUT2D eigenvalue weighted by Gasteiger charge is 2.59. The van der Waals surface area contributed by atoms with Crippen molar-refractivity contribution in [1.82, 2.24) is 0 Å². The molecule has 0 aromatic heterocycles. The lowest BCUT2D eigenvalue weighted by Gasteiger charge is -2.24. The van der Waals surface area contributed by atoms with Crippen LogP contribution in [-0.2, 0) is 0 Å². The zero-order chi connectivity index (χ0) is 15.6. The summed E-state index contributed by atoms with van der Waals surface area (Å²) in [6.45, 7) is 0. The number of halogens is 6. The van der Waals surface area contributed by atoms with Crippen LogP contribution >= 0.6 is 0 Å². The van der Waals surface area contributed by atoms with Crippen molar-refractivity contribution < 1.29 is 35.9 Å². The minimum Gasteiger partial charge on any atom is -0.470 e. The Morgan fingerprint density at radius 3 is 2.10 bits per heavy atom. The second-order valence-corrected chi connectivity index (χ2v) is 3.57. The van der Waals surface area contributed by atoms with E-state index in [-0.39, 0.29) is 11.8 Å². The molecule has 0 saturated heterocycles. The summed E-state index contributed by atoms with van der Waals surface area (Å²) in [5.74, 6) is -0.905. The average molecular weight is 297 g/mol. The van der Waals surface area contributed by atoms with E-state index in [1.54, 1.807) is 0 Å². The highest BCUT2D eigenvalue weighted by atomic mass is 19.4. The molecule has 0 aliphatic heterocycles. The molecule has 0 heterocycles. The van der Waals surface area contributed by atoms with Gasteiger partial charge in [-0.05, 0) is 18.2 Å². The van der Waals surface area contributed by atoms with Crippen LogP contribution in [0.25, 0.3) is 0 Å². The highest BCUT2D eigenvalue weighted by molar-refractivity contribution is 5.76. The molecule has 1 rings (SSSR count). The number of nitriles is 1. The zero-order valence-corrected chi connectivity index (χ0v) is 9.42. The van der Waals surface area contributed by atoms with Gasteiger partial charge in [-0.3, -0.25) is 4.79 Å². The predicted octanol–water partition coefficient (Wildman–Crippen LogP) is 3.24. The quantitative estimate of drug-likeness (QED) is 0.635. The Morgan fingerprint density at radius 1 is 1.15 bits per heavy atom. The number of ether oxygens (including phenoxy) is 1. The Balaban J connectivity index is 3.19. The molecule has 0 amide bonds. The van der Waals surface area contributed by atoms with Crippen LogP contribution in [0.5, 0.6) is 5.75 Å². The van der Waals surface area contributed by atoms with E-state index in [2.05, 4.69) is 4.74 Å². The van der Waals surface area contributed by atoms with Crippen molar-refractivity contribution in [2.45, 2.75) is 18.5 Å². The summed E-state index contributed by atoms with van der Waals surface area (Å²) in [6.07, 6.45) is -15.1. The number of aldehydes is 1. The molecule has 0 spiro atoms. The molecule has 0 saturated carbocycles. The number of alkyl halides is 6. The van der Waals surface area contributed by atoms with E-state index in [0.29, 0.717) is 6.07 Å². The fourth-order valence-corrected chi connectivity index (χ4v) is 1.26. The molecule has 0 atom stereocenters. The molecule has 108 valence electrons. The van der Waals surface area contributed by atoms with Gasteiger partial charge >= 0.3 is 12.4 Å². The highest BCUT2D eigenvalue weighted by Crippen LogP contribution is 2.37. The van der Waals surface area contributed by atoms with E-state index in [9.17, 15) is 31.1 Å². The normalized spacial score (nSPS) is 12.1. The summed E-state index contributed by atoms with van der Waals surface area (Å²) in [6, 6.07) is 3.82. The average Bonchev–Trinajstić information content (AvgIpc) is 2.32. The van der Waals surface area contributed by atoms with E-state index >= 15 is 0 Å². The van der Waals surface area contributed by atoms with Crippen molar-refractivity contribution in [3.05, 3.63) is 29.3 Å². The molecule has 0 aliphatic carbocycles. The number of hydrogen-bond donors (Lipinski definition) is 0. The molecule has 9 heteroatoms. The van der Waals surface area contributed by atoms with Crippen LogP contribution in [0, 0.1) is 11.3 Å². The van der Waals surface area contributed by atoms with Crippen LogP contribution in [-0.4, -0.2) is 24.7 Å². The van der Waals surface area contributed by atoms with Crippen LogP contribution < -0.4 is 4.74 Å². The van der Waals surface area contributed by atoms with Gasteiger partial charge in [0.1, 0.15) is 18.1 Å². The molecule has 0 unspecified atom stereocenters. The summed E-state index contributed by atoms with van der Waals surface area (Å²) in [4.78, 5) is 10.4. The lowest BCUT2D eigenvalue weighted by Crippen LogP contribution is -2.46. The predicted molar refractivity (Wildman–Crippen MR) is 53.1 cm³/mol. The molecule has 1 aromatic rings.